The Hall–Kier alpha value is -2.69. The molecule has 1 saturated heterocycles. The van der Waals surface area contributed by atoms with E-state index in [2.05, 4.69) is 45.5 Å². The molecule has 160 valence electrons. The van der Waals surface area contributed by atoms with Crippen LogP contribution in [-0.2, 0) is 17.8 Å². The Morgan fingerprint density at radius 1 is 1.00 bits per heavy atom. The second kappa shape index (κ2) is 9.63. The highest BCUT2D eigenvalue weighted by atomic mass is 35.5. The fourth-order valence-electron chi connectivity index (χ4n) is 4.61. The molecule has 0 radical (unpaired) electrons. The third kappa shape index (κ3) is 4.81. The van der Waals surface area contributed by atoms with E-state index in [4.69, 9.17) is 11.6 Å². The number of benzene rings is 2. The molecule has 1 amide bonds. The summed E-state index contributed by atoms with van der Waals surface area (Å²) < 4.78 is 0. The number of piperidine rings is 1. The normalized spacial score (nSPS) is 16.1. The van der Waals surface area contributed by atoms with Gasteiger partial charge in [0.15, 0.2) is 0 Å². The molecule has 5 heteroatoms. The molecule has 1 aliphatic rings. The van der Waals surface area contributed by atoms with E-state index in [9.17, 15) is 4.79 Å². The van der Waals surface area contributed by atoms with Crippen molar-refractivity contribution in [2.75, 3.05) is 20.1 Å². The van der Waals surface area contributed by atoms with Crippen LogP contribution in [0.3, 0.4) is 0 Å². The van der Waals surface area contributed by atoms with Gasteiger partial charge in [-0.1, -0.05) is 54.1 Å². The van der Waals surface area contributed by atoms with Crippen molar-refractivity contribution < 1.29 is 4.79 Å². The van der Waals surface area contributed by atoms with Crippen molar-refractivity contribution in [3.05, 3.63) is 89.2 Å². The molecule has 1 fully saturated rings. The summed E-state index contributed by atoms with van der Waals surface area (Å²) in [6.45, 7) is 2.56. The van der Waals surface area contributed by atoms with Gasteiger partial charge in [-0.25, -0.2) is 0 Å². The average molecular weight is 434 g/mol. The van der Waals surface area contributed by atoms with Crippen LogP contribution in [-0.4, -0.2) is 35.9 Å². The first-order valence-electron chi connectivity index (χ1n) is 10.8. The molecular formula is C26H28ClN3O. The molecule has 1 aliphatic heterocycles. The Bertz CT molecular complexity index is 1030. The number of aromatic nitrogens is 1. The molecule has 2 aromatic carbocycles. The van der Waals surface area contributed by atoms with Crippen molar-refractivity contribution in [2.24, 2.45) is 5.41 Å². The highest BCUT2D eigenvalue weighted by molar-refractivity contribution is 6.31. The average Bonchev–Trinajstić information content (AvgIpc) is 2.82. The van der Waals surface area contributed by atoms with Crippen LogP contribution >= 0.6 is 11.6 Å². The predicted molar refractivity (Wildman–Crippen MR) is 126 cm³/mol. The van der Waals surface area contributed by atoms with Crippen LogP contribution in [0.5, 0.6) is 0 Å². The summed E-state index contributed by atoms with van der Waals surface area (Å²) in [7, 11) is 1.75. The van der Waals surface area contributed by atoms with Crippen molar-refractivity contribution >= 4 is 17.5 Å². The molecule has 4 nitrogen and oxygen atoms in total. The highest BCUT2D eigenvalue weighted by Crippen LogP contribution is 2.38. The second-order valence-corrected chi connectivity index (χ2v) is 8.70. The zero-order valence-corrected chi connectivity index (χ0v) is 18.6. The minimum atomic E-state index is -0.408. The molecule has 0 saturated carbocycles. The van der Waals surface area contributed by atoms with Gasteiger partial charge < -0.3 is 5.32 Å². The van der Waals surface area contributed by atoms with Gasteiger partial charge in [-0.3, -0.25) is 14.7 Å². The van der Waals surface area contributed by atoms with Gasteiger partial charge in [0.25, 0.3) is 0 Å². The SMILES string of the molecule is CNC(=O)C1(Cc2ccccc2-c2ccncc2)CCN(Cc2ccccc2Cl)CC1. The van der Waals surface area contributed by atoms with Gasteiger partial charge in [0, 0.05) is 31.0 Å². The summed E-state index contributed by atoms with van der Waals surface area (Å²) in [5.74, 6) is 0.134. The number of hydrogen-bond donors (Lipinski definition) is 1. The number of hydrogen-bond acceptors (Lipinski definition) is 3. The van der Waals surface area contributed by atoms with Crippen molar-refractivity contribution in [1.29, 1.82) is 0 Å². The molecule has 0 spiro atoms. The van der Waals surface area contributed by atoms with Crippen LogP contribution < -0.4 is 5.32 Å². The zero-order valence-electron chi connectivity index (χ0n) is 17.9. The van der Waals surface area contributed by atoms with E-state index in [1.807, 2.05) is 42.7 Å². The molecule has 3 aromatic rings. The second-order valence-electron chi connectivity index (χ2n) is 8.30. The lowest BCUT2D eigenvalue weighted by Crippen LogP contribution is -2.49. The van der Waals surface area contributed by atoms with Crippen molar-refractivity contribution in [3.8, 4) is 11.1 Å². The lowest BCUT2D eigenvalue weighted by atomic mass is 9.72. The maximum atomic E-state index is 13.1. The Morgan fingerprint density at radius 3 is 2.32 bits per heavy atom. The van der Waals surface area contributed by atoms with E-state index in [1.54, 1.807) is 7.05 Å². The number of carbonyl (C=O) groups is 1. The number of carbonyl (C=O) groups excluding carboxylic acids is 1. The largest absolute Gasteiger partial charge is 0.359 e. The number of likely N-dealkylation sites (tertiary alicyclic amines) is 1. The van der Waals surface area contributed by atoms with E-state index >= 15 is 0 Å². The number of rotatable bonds is 6. The fraction of sp³-hybridized carbons (Fsp3) is 0.308. The predicted octanol–water partition coefficient (Wildman–Crippen LogP) is 4.97. The van der Waals surface area contributed by atoms with E-state index in [0.29, 0.717) is 0 Å². The minimum absolute atomic E-state index is 0.134. The summed E-state index contributed by atoms with van der Waals surface area (Å²) in [6, 6.07) is 20.4. The first-order chi connectivity index (χ1) is 15.1. The number of pyridine rings is 1. The lowest BCUT2D eigenvalue weighted by molar-refractivity contribution is -0.133. The quantitative estimate of drug-likeness (QED) is 0.596. The monoisotopic (exact) mass is 433 g/mol. The Kier molecular flexibility index (Phi) is 6.69. The van der Waals surface area contributed by atoms with Crippen LogP contribution in [0.15, 0.2) is 73.1 Å². The molecule has 1 aromatic heterocycles. The molecule has 4 rings (SSSR count). The molecule has 0 atom stereocenters. The third-order valence-electron chi connectivity index (χ3n) is 6.41. The summed E-state index contributed by atoms with van der Waals surface area (Å²) in [5, 5.41) is 3.74. The van der Waals surface area contributed by atoms with Gasteiger partial charge >= 0.3 is 0 Å². The number of halogens is 1. The minimum Gasteiger partial charge on any atom is -0.359 e. The first-order valence-corrected chi connectivity index (χ1v) is 11.2. The molecule has 1 N–H and O–H groups in total. The van der Waals surface area contributed by atoms with E-state index < -0.39 is 5.41 Å². The maximum Gasteiger partial charge on any atom is 0.226 e. The van der Waals surface area contributed by atoms with E-state index in [-0.39, 0.29) is 5.91 Å². The van der Waals surface area contributed by atoms with Gasteiger partial charge in [0.05, 0.1) is 5.41 Å². The molecule has 0 unspecified atom stereocenters. The summed E-state index contributed by atoms with van der Waals surface area (Å²) >= 11 is 6.36. The summed E-state index contributed by atoms with van der Waals surface area (Å²) in [4.78, 5) is 19.6. The third-order valence-corrected chi connectivity index (χ3v) is 6.78. The van der Waals surface area contributed by atoms with Crippen LogP contribution in [0.25, 0.3) is 11.1 Å². The lowest BCUT2D eigenvalue weighted by Gasteiger charge is -2.41. The van der Waals surface area contributed by atoms with Crippen LogP contribution in [0.4, 0.5) is 0 Å². The molecule has 0 aliphatic carbocycles. The zero-order chi connectivity index (χ0) is 21.7. The van der Waals surface area contributed by atoms with E-state index in [0.717, 1.165) is 55.0 Å². The summed E-state index contributed by atoms with van der Waals surface area (Å²) in [5.41, 5.74) is 4.24. The molecular weight excluding hydrogens is 406 g/mol. The van der Waals surface area contributed by atoms with Gasteiger partial charge in [-0.15, -0.1) is 0 Å². The highest BCUT2D eigenvalue weighted by Gasteiger charge is 2.41. The van der Waals surface area contributed by atoms with Crippen LogP contribution in [0.1, 0.15) is 24.0 Å². The number of nitrogens with zero attached hydrogens (tertiary/aromatic N) is 2. The van der Waals surface area contributed by atoms with E-state index in [1.165, 1.54) is 11.1 Å². The van der Waals surface area contributed by atoms with Gasteiger partial charge in [0.1, 0.15) is 0 Å². The standard InChI is InChI=1S/C26H28ClN3O/c1-28-25(31)26(12-16-30(17-13-26)19-22-7-3-5-9-24(22)27)18-21-6-2-4-8-23(21)20-10-14-29-15-11-20/h2-11,14-15H,12-13,16-19H2,1H3,(H,28,31). The van der Waals surface area contributed by atoms with Gasteiger partial charge in [-0.05, 0) is 72.8 Å². The fourth-order valence-corrected chi connectivity index (χ4v) is 4.80. The van der Waals surface area contributed by atoms with Gasteiger partial charge in [-0.2, -0.15) is 0 Å². The van der Waals surface area contributed by atoms with Gasteiger partial charge in [0.2, 0.25) is 5.91 Å². The Morgan fingerprint density at radius 2 is 1.65 bits per heavy atom. The molecule has 0 bridgehead atoms. The number of nitrogens with one attached hydrogen (secondary N) is 1. The van der Waals surface area contributed by atoms with Crippen molar-refractivity contribution in [1.82, 2.24) is 15.2 Å². The topological polar surface area (TPSA) is 45.2 Å². The molecule has 31 heavy (non-hydrogen) atoms. The molecule has 2 heterocycles. The first kappa shape index (κ1) is 21.5. The smallest absolute Gasteiger partial charge is 0.226 e. The Balaban J connectivity index is 1.55. The van der Waals surface area contributed by atoms with Crippen LogP contribution in [0.2, 0.25) is 5.02 Å². The maximum absolute atomic E-state index is 13.1. The van der Waals surface area contributed by atoms with Crippen LogP contribution in [0, 0.1) is 5.41 Å². The summed E-state index contributed by atoms with van der Waals surface area (Å²) in [6.07, 6.45) is 6.00. The Labute approximate surface area is 189 Å². The number of amides is 1. The van der Waals surface area contributed by atoms with Crippen molar-refractivity contribution in [3.63, 3.8) is 0 Å². The van der Waals surface area contributed by atoms with Crippen molar-refractivity contribution in [2.45, 2.75) is 25.8 Å².